The third-order valence-electron chi connectivity index (χ3n) is 3.09. The molecule has 0 aliphatic heterocycles. The van der Waals surface area contributed by atoms with E-state index in [2.05, 4.69) is 10.6 Å². The molecule has 4 N–H and O–H groups in total. The second-order valence-electron chi connectivity index (χ2n) is 5.38. The zero-order chi connectivity index (χ0) is 13.3. The second kappa shape index (κ2) is 4.52. The molecule has 0 aromatic heterocycles. The summed E-state index contributed by atoms with van der Waals surface area (Å²) in [6.45, 7) is 4.68. The highest BCUT2D eigenvalue weighted by Crippen LogP contribution is 2.39. The number of amides is 2. The van der Waals surface area contributed by atoms with Gasteiger partial charge in [0.1, 0.15) is 0 Å². The highest BCUT2D eigenvalue weighted by atomic mass is 16.4. The Bertz CT molecular complexity index is 321. The van der Waals surface area contributed by atoms with E-state index in [4.69, 9.17) is 5.11 Å². The number of hydrogen-bond donors (Lipinski definition) is 4. The number of carbonyl (C=O) groups is 2. The molecule has 0 spiro atoms. The maximum absolute atomic E-state index is 11.5. The van der Waals surface area contributed by atoms with E-state index in [0.717, 1.165) is 19.8 Å². The molecule has 1 aliphatic carbocycles. The molecule has 1 unspecified atom stereocenters. The van der Waals surface area contributed by atoms with Gasteiger partial charge in [0.25, 0.3) is 0 Å². The number of urea groups is 1. The van der Waals surface area contributed by atoms with Crippen LogP contribution in [0.5, 0.6) is 0 Å². The number of carboxylic acid groups (broad SMARTS) is 1. The van der Waals surface area contributed by atoms with Crippen LogP contribution in [-0.4, -0.2) is 39.9 Å². The van der Waals surface area contributed by atoms with Crippen molar-refractivity contribution in [3.63, 3.8) is 0 Å². The number of rotatable bonds is 5. The Labute approximate surface area is 100 Å². The molecule has 1 atom stereocenters. The molecule has 17 heavy (non-hydrogen) atoms. The molecule has 6 nitrogen and oxygen atoms in total. The topological polar surface area (TPSA) is 98.7 Å². The van der Waals surface area contributed by atoms with Gasteiger partial charge in [-0.25, -0.2) is 9.59 Å². The summed E-state index contributed by atoms with van der Waals surface area (Å²) in [4.78, 5) is 22.1. The minimum atomic E-state index is -1.94. The lowest BCUT2D eigenvalue weighted by molar-refractivity contribution is -0.155. The number of carbonyl (C=O) groups excluding carboxylic acids is 1. The lowest BCUT2D eigenvalue weighted by Gasteiger charge is -2.27. The van der Waals surface area contributed by atoms with Gasteiger partial charge >= 0.3 is 12.0 Å². The van der Waals surface area contributed by atoms with Gasteiger partial charge in [0.05, 0.1) is 6.54 Å². The average Bonchev–Trinajstić information content (AvgIpc) is 2.97. The fraction of sp³-hybridized carbons (Fsp3) is 0.818. The number of aliphatic carboxylic acids is 1. The molecule has 1 saturated carbocycles. The number of hydrogen-bond acceptors (Lipinski definition) is 3. The van der Waals surface area contributed by atoms with Gasteiger partial charge in [-0.2, -0.15) is 0 Å². The molecule has 1 fully saturated rings. The molecule has 1 rings (SSSR count). The SMILES string of the molecule is CC(O)(CNC(=O)NC(C)(C)C1CC1)C(=O)O. The number of nitrogens with one attached hydrogen (secondary N) is 2. The van der Waals surface area contributed by atoms with Crippen molar-refractivity contribution < 1.29 is 19.8 Å². The fourth-order valence-electron chi connectivity index (χ4n) is 1.57. The number of aliphatic hydroxyl groups is 1. The van der Waals surface area contributed by atoms with Gasteiger partial charge in [-0.05, 0) is 39.5 Å². The van der Waals surface area contributed by atoms with E-state index in [1.54, 1.807) is 0 Å². The first-order valence-electron chi connectivity index (χ1n) is 5.67. The van der Waals surface area contributed by atoms with E-state index in [-0.39, 0.29) is 12.1 Å². The van der Waals surface area contributed by atoms with Gasteiger partial charge in [0.15, 0.2) is 5.60 Å². The molecule has 2 amide bonds. The quantitative estimate of drug-likeness (QED) is 0.559. The molecule has 1 aliphatic rings. The van der Waals surface area contributed by atoms with Gasteiger partial charge in [-0.3, -0.25) is 0 Å². The third-order valence-corrected chi connectivity index (χ3v) is 3.09. The van der Waals surface area contributed by atoms with Gasteiger partial charge in [0.2, 0.25) is 0 Å². The summed E-state index contributed by atoms with van der Waals surface area (Å²) in [6, 6.07) is -0.455. The summed E-state index contributed by atoms with van der Waals surface area (Å²) in [5.74, 6) is -0.882. The maximum Gasteiger partial charge on any atom is 0.337 e. The van der Waals surface area contributed by atoms with E-state index in [1.165, 1.54) is 0 Å². The first-order chi connectivity index (χ1) is 7.65. The smallest absolute Gasteiger partial charge is 0.337 e. The van der Waals surface area contributed by atoms with Crippen molar-refractivity contribution in [1.29, 1.82) is 0 Å². The Morgan fingerprint density at radius 3 is 2.24 bits per heavy atom. The highest BCUT2D eigenvalue weighted by molar-refractivity contribution is 5.79. The Morgan fingerprint density at radius 2 is 1.82 bits per heavy atom. The standard InChI is InChI=1S/C11H20N2O4/c1-10(2,7-4-5-7)13-9(16)12-6-11(3,17)8(14)15/h7,17H,4-6H2,1-3H3,(H,14,15)(H2,12,13,16). The second-order valence-corrected chi connectivity index (χ2v) is 5.38. The molecule has 0 saturated heterocycles. The van der Waals surface area contributed by atoms with Crippen molar-refractivity contribution in [2.24, 2.45) is 5.92 Å². The van der Waals surface area contributed by atoms with Crippen LogP contribution in [0.4, 0.5) is 4.79 Å². The summed E-state index contributed by atoms with van der Waals surface area (Å²) in [5.41, 5.74) is -2.24. The largest absolute Gasteiger partial charge is 0.479 e. The van der Waals surface area contributed by atoms with E-state index in [1.807, 2.05) is 13.8 Å². The summed E-state index contributed by atoms with van der Waals surface area (Å²) < 4.78 is 0. The van der Waals surface area contributed by atoms with Crippen LogP contribution < -0.4 is 10.6 Å². The van der Waals surface area contributed by atoms with Crippen LogP contribution in [0.25, 0.3) is 0 Å². The summed E-state index contributed by atoms with van der Waals surface area (Å²) in [7, 11) is 0. The maximum atomic E-state index is 11.5. The lowest BCUT2D eigenvalue weighted by atomic mass is 9.99. The van der Waals surface area contributed by atoms with Gasteiger partial charge in [-0.15, -0.1) is 0 Å². The molecule has 0 aromatic rings. The van der Waals surface area contributed by atoms with Crippen LogP contribution in [0.2, 0.25) is 0 Å². The molecule has 0 radical (unpaired) electrons. The van der Waals surface area contributed by atoms with Crippen molar-refractivity contribution in [1.82, 2.24) is 10.6 Å². The van der Waals surface area contributed by atoms with Gasteiger partial charge < -0.3 is 20.8 Å². The van der Waals surface area contributed by atoms with Crippen LogP contribution in [0.1, 0.15) is 33.6 Å². The Balaban J connectivity index is 2.37. The van der Waals surface area contributed by atoms with Crippen molar-refractivity contribution in [2.75, 3.05) is 6.54 Å². The van der Waals surface area contributed by atoms with Crippen molar-refractivity contribution in [2.45, 2.75) is 44.8 Å². The molecule has 0 heterocycles. The molecule has 6 heteroatoms. The molecule has 98 valence electrons. The Morgan fingerprint density at radius 1 is 1.29 bits per heavy atom. The molecular weight excluding hydrogens is 224 g/mol. The van der Waals surface area contributed by atoms with E-state index in [0.29, 0.717) is 5.92 Å². The predicted molar refractivity (Wildman–Crippen MR) is 61.6 cm³/mol. The van der Waals surface area contributed by atoms with E-state index < -0.39 is 17.6 Å². The monoisotopic (exact) mass is 244 g/mol. The number of carboxylic acids is 1. The Hall–Kier alpha value is -1.30. The summed E-state index contributed by atoms with van der Waals surface area (Å²) >= 11 is 0. The summed E-state index contributed by atoms with van der Waals surface area (Å²) in [6.07, 6.45) is 2.19. The van der Waals surface area contributed by atoms with E-state index in [9.17, 15) is 14.7 Å². The molecule has 0 bridgehead atoms. The highest BCUT2D eigenvalue weighted by Gasteiger charge is 2.39. The van der Waals surface area contributed by atoms with E-state index >= 15 is 0 Å². The first-order valence-corrected chi connectivity index (χ1v) is 5.67. The lowest BCUT2D eigenvalue weighted by Crippen LogP contribution is -2.54. The Kier molecular flexibility index (Phi) is 3.66. The zero-order valence-electron chi connectivity index (χ0n) is 10.4. The van der Waals surface area contributed by atoms with Crippen molar-refractivity contribution in [3.8, 4) is 0 Å². The van der Waals surface area contributed by atoms with Crippen LogP contribution in [-0.2, 0) is 4.79 Å². The van der Waals surface area contributed by atoms with Crippen LogP contribution in [0.15, 0.2) is 0 Å². The normalized spacial score (nSPS) is 19.3. The average molecular weight is 244 g/mol. The first kappa shape index (κ1) is 13.8. The minimum Gasteiger partial charge on any atom is -0.479 e. The van der Waals surface area contributed by atoms with Crippen molar-refractivity contribution in [3.05, 3.63) is 0 Å². The van der Waals surface area contributed by atoms with Crippen LogP contribution >= 0.6 is 0 Å². The molecular formula is C11H20N2O4. The third kappa shape index (κ3) is 3.89. The summed E-state index contributed by atoms with van der Waals surface area (Å²) in [5, 5.41) is 23.2. The minimum absolute atomic E-state index is 0.292. The van der Waals surface area contributed by atoms with Gasteiger partial charge in [0, 0.05) is 5.54 Å². The molecule has 0 aromatic carbocycles. The van der Waals surface area contributed by atoms with Crippen molar-refractivity contribution >= 4 is 12.0 Å². The van der Waals surface area contributed by atoms with Crippen LogP contribution in [0, 0.1) is 5.92 Å². The fourth-order valence-corrected chi connectivity index (χ4v) is 1.57. The predicted octanol–water partition coefficient (Wildman–Crippen LogP) is 0.310. The van der Waals surface area contributed by atoms with Crippen LogP contribution in [0.3, 0.4) is 0 Å². The zero-order valence-corrected chi connectivity index (χ0v) is 10.4. The van der Waals surface area contributed by atoms with Gasteiger partial charge in [-0.1, -0.05) is 0 Å².